The van der Waals surface area contributed by atoms with Crippen LogP contribution in [0.5, 0.6) is 0 Å². The Balaban J connectivity index is 1.98. The summed E-state index contributed by atoms with van der Waals surface area (Å²) >= 11 is 7.28. The Morgan fingerprint density at radius 1 is 1.06 bits per heavy atom. The summed E-state index contributed by atoms with van der Waals surface area (Å²) in [6.45, 7) is 0. The summed E-state index contributed by atoms with van der Waals surface area (Å²) in [5.41, 5.74) is 2.60. The smallest absolute Gasteiger partial charge is 0.0982 e. The molecule has 0 aliphatic rings. The molecule has 3 nitrogen and oxygen atoms in total. The second-order valence-electron chi connectivity index (χ2n) is 3.74. The molecule has 0 amide bonds. The van der Waals surface area contributed by atoms with E-state index in [1.165, 1.54) is 11.5 Å². The number of halogens is 1. The van der Waals surface area contributed by atoms with Crippen LogP contribution in [0.2, 0.25) is 5.02 Å². The second kappa shape index (κ2) is 4.84. The van der Waals surface area contributed by atoms with Gasteiger partial charge >= 0.3 is 0 Å². The van der Waals surface area contributed by atoms with Gasteiger partial charge in [-0.25, -0.2) is 4.98 Å². The zero-order valence-electron chi connectivity index (χ0n) is 9.25. The molecule has 0 aliphatic carbocycles. The van der Waals surface area contributed by atoms with Crippen molar-refractivity contribution in [1.82, 2.24) is 14.6 Å². The van der Waals surface area contributed by atoms with E-state index in [1.54, 1.807) is 0 Å². The van der Waals surface area contributed by atoms with Crippen molar-refractivity contribution in [2.75, 3.05) is 0 Å². The van der Waals surface area contributed by atoms with Crippen molar-refractivity contribution in [1.29, 1.82) is 0 Å². The summed E-state index contributed by atoms with van der Waals surface area (Å²) in [4.78, 5) is 4.52. The molecular formula is C13H8ClN3S. The number of fused-ring (bicyclic) bond motifs is 1. The molecular weight excluding hydrogens is 266 g/mol. The molecule has 0 aliphatic heterocycles. The molecule has 1 aromatic carbocycles. The molecule has 0 bridgehead atoms. The number of hydrogen-bond acceptors (Lipinski definition) is 4. The van der Waals surface area contributed by atoms with Gasteiger partial charge in [0.05, 0.1) is 16.9 Å². The molecule has 0 fully saturated rings. The van der Waals surface area contributed by atoms with Crippen LogP contribution in [0.3, 0.4) is 0 Å². The Hall–Kier alpha value is -1.78. The fourth-order valence-electron chi connectivity index (χ4n) is 1.61. The monoisotopic (exact) mass is 273 g/mol. The zero-order chi connectivity index (χ0) is 12.4. The van der Waals surface area contributed by atoms with Crippen LogP contribution in [0.1, 0.15) is 11.4 Å². The molecule has 0 N–H and O–H groups in total. The van der Waals surface area contributed by atoms with Gasteiger partial charge in [-0.2, -0.15) is 0 Å². The standard InChI is InChI=1S/C13H8ClN3S/c14-10-3-1-9-2-4-11(15-13(9)7-10)5-6-12-8-18-17-16-12/h1-8H/b6-5-. The Kier molecular flexibility index (Phi) is 3.04. The number of aromatic nitrogens is 3. The number of benzene rings is 1. The van der Waals surface area contributed by atoms with Gasteiger partial charge in [-0.05, 0) is 41.9 Å². The average molecular weight is 274 g/mol. The second-order valence-corrected chi connectivity index (χ2v) is 4.78. The maximum absolute atomic E-state index is 5.95. The maximum atomic E-state index is 5.95. The normalized spacial score (nSPS) is 11.4. The lowest BCUT2D eigenvalue weighted by molar-refractivity contribution is 1.14. The molecule has 0 spiro atoms. The molecule has 5 heteroatoms. The number of rotatable bonds is 2. The van der Waals surface area contributed by atoms with E-state index in [2.05, 4.69) is 14.6 Å². The molecule has 0 saturated carbocycles. The highest BCUT2D eigenvalue weighted by Crippen LogP contribution is 2.18. The van der Waals surface area contributed by atoms with Crippen LogP contribution in [-0.2, 0) is 0 Å². The van der Waals surface area contributed by atoms with Crippen molar-refractivity contribution >= 4 is 46.2 Å². The van der Waals surface area contributed by atoms with Crippen LogP contribution in [0.15, 0.2) is 35.7 Å². The van der Waals surface area contributed by atoms with E-state index in [0.717, 1.165) is 22.3 Å². The minimum absolute atomic E-state index is 0.694. The van der Waals surface area contributed by atoms with Crippen molar-refractivity contribution in [3.8, 4) is 0 Å². The van der Waals surface area contributed by atoms with Crippen LogP contribution in [0.25, 0.3) is 23.1 Å². The van der Waals surface area contributed by atoms with Crippen LogP contribution >= 0.6 is 23.1 Å². The van der Waals surface area contributed by atoms with E-state index in [0.29, 0.717) is 5.02 Å². The van der Waals surface area contributed by atoms with Gasteiger partial charge in [-0.15, -0.1) is 5.10 Å². The molecule has 0 saturated heterocycles. The third-order valence-corrected chi connectivity index (χ3v) is 3.24. The maximum Gasteiger partial charge on any atom is 0.0982 e. The van der Waals surface area contributed by atoms with Gasteiger partial charge in [-0.3, -0.25) is 0 Å². The quantitative estimate of drug-likeness (QED) is 0.710. The van der Waals surface area contributed by atoms with E-state index in [-0.39, 0.29) is 0 Å². The van der Waals surface area contributed by atoms with Crippen LogP contribution in [0.4, 0.5) is 0 Å². The third kappa shape index (κ3) is 2.39. The van der Waals surface area contributed by atoms with Gasteiger partial charge in [0.2, 0.25) is 0 Å². The topological polar surface area (TPSA) is 38.7 Å². The van der Waals surface area contributed by atoms with Crippen molar-refractivity contribution < 1.29 is 0 Å². The summed E-state index contributed by atoms with van der Waals surface area (Å²) < 4.78 is 3.80. The largest absolute Gasteiger partial charge is 0.248 e. The lowest BCUT2D eigenvalue weighted by Gasteiger charge is -1.99. The first-order valence-electron chi connectivity index (χ1n) is 5.33. The van der Waals surface area contributed by atoms with E-state index in [9.17, 15) is 0 Å². The number of hydrogen-bond donors (Lipinski definition) is 0. The van der Waals surface area contributed by atoms with E-state index in [4.69, 9.17) is 11.6 Å². The highest BCUT2D eigenvalue weighted by Gasteiger charge is 1.97. The lowest BCUT2D eigenvalue weighted by atomic mass is 10.2. The summed E-state index contributed by atoms with van der Waals surface area (Å²) in [5.74, 6) is 0. The Labute approximate surface area is 113 Å². The van der Waals surface area contributed by atoms with E-state index >= 15 is 0 Å². The van der Waals surface area contributed by atoms with Crippen LogP contribution < -0.4 is 0 Å². The molecule has 0 radical (unpaired) electrons. The Bertz CT molecular complexity index is 707. The summed E-state index contributed by atoms with van der Waals surface area (Å²) in [6.07, 6.45) is 3.80. The minimum Gasteiger partial charge on any atom is -0.248 e. The van der Waals surface area contributed by atoms with E-state index in [1.807, 2.05) is 47.9 Å². The van der Waals surface area contributed by atoms with Crippen molar-refractivity contribution in [2.24, 2.45) is 0 Å². The first kappa shape index (κ1) is 11.3. The SMILES string of the molecule is Clc1ccc2ccc(/C=C\c3csnn3)nc2c1. The van der Waals surface area contributed by atoms with Crippen molar-refractivity contribution in [2.45, 2.75) is 0 Å². The molecule has 18 heavy (non-hydrogen) atoms. The number of pyridine rings is 1. The fourth-order valence-corrected chi connectivity index (χ4v) is 2.20. The van der Waals surface area contributed by atoms with Gasteiger partial charge in [-0.1, -0.05) is 28.2 Å². The summed E-state index contributed by atoms with van der Waals surface area (Å²) in [6, 6.07) is 9.67. The molecule has 0 atom stereocenters. The molecule has 3 rings (SSSR count). The third-order valence-electron chi connectivity index (χ3n) is 2.48. The summed E-state index contributed by atoms with van der Waals surface area (Å²) in [7, 11) is 0. The minimum atomic E-state index is 0.694. The zero-order valence-corrected chi connectivity index (χ0v) is 10.8. The summed E-state index contributed by atoms with van der Waals surface area (Å²) in [5, 5.41) is 7.59. The highest BCUT2D eigenvalue weighted by molar-refractivity contribution is 7.03. The van der Waals surface area contributed by atoms with E-state index < -0.39 is 0 Å². The predicted molar refractivity (Wildman–Crippen MR) is 75.6 cm³/mol. The van der Waals surface area contributed by atoms with Gasteiger partial charge in [0.1, 0.15) is 0 Å². The molecule has 2 aromatic heterocycles. The fraction of sp³-hybridized carbons (Fsp3) is 0. The first-order valence-corrected chi connectivity index (χ1v) is 6.54. The van der Waals surface area contributed by atoms with Crippen LogP contribution in [0, 0.1) is 0 Å². The molecule has 88 valence electrons. The molecule has 0 unspecified atom stereocenters. The molecule has 3 aromatic rings. The predicted octanol–water partition coefficient (Wildman–Crippen LogP) is 3.91. The van der Waals surface area contributed by atoms with Gasteiger partial charge < -0.3 is 0 Å². The van der Waals surface area contributed by atoms with Gasteiger partial charge in [0.15, 0.2) is 0 Å². The van der Waals surface area contributed by atoms with Crippen molar-refractivity contribution in [3.63, 3.8) is 0 Å². The first-order chi connectivity index (χ1) is 8.81. The highest BCUT2D eigenvalue weighted by atomic mass is 35.5. The van der Waals surface area contributed by atoms with Crippen LogP contribution in [-0.4, -0.2) is 14.6 Å². The van der Waals surface area contributed by atoms with Gasteiger partial charge in [0.25, 0.3) is 0 Å². The lowest BCUT2D eigenvalue weighted by Crippen LogP contribution is -1.83. The van der Waals surface area contributed by atoms with Gasteiger partial charge in [0, 0.05) is 15.8 Å². The van der Waals surface area contributed by atoms with Crippen molar-refractivity contribution in [3.05, 3.63) is 52.1 Å². The number of nitrogens with zero attached hydrogens (tertiary/aromatic N) is 3. The Morgan fingerprint density at radius 2 is 1.89 bits per heavy atom. The average Bonchev–Trinajstić information content (AvgIpc) is 2.89. The Morgan fingerprint density at radius 3 is 2.72 bits per heavy atom. The molecule has 2 heterocycles.